The second-order valence-electron chi connectivity index (χ2n) is 6.84. The maximum absolute atomic E-state index is 12.8. The Kier molecular flexibility index (Phi) is 15.1. The summed E-state index contributed by atoms with van der Waals surface area (Å²) in [7, 11) is 0. The van der Waals surface area contributed by atoms with Crippen LogP contribution in [0.1, 0.15) is 38.5 Å². The van der Waals surface area contributed by atoms with Crippen LogP contribution < -0.4 is 27.4 Å². The first kappa shape index (κ1) is 28.6. The minimum absolute atomic E-state index is 0.242. The zero-order valence-electron chi connectivity index (χ0n) is 17.6. The molecule has 0 aromatic rings. The SMILES string of the molecule is CSCCC(N)C(=O)NC(CCCCN)C(=O)NC(CCC(=O)O)C(=O)NCC(=O)O. The van der Waals surface area contributed by atoms with Gasteiger partial charge in [-0.1, -0.05) is 0 Å². The smallest absolute Gasteiger partial charge is 0.322 e. The molecule has 3 atom stereocenters. The normalized spacial score (nSPS) is 13.5. The van der Waals surface area contributed by atoms with E-state index in [4.69, 9.17) is 21.7 Å². The predicted molar refractivity (Wildman–Crippen MR) is 115 cm³/mol. The standard InChI is InChI=1S/C18H33N5O7S/c1-31-9-7-11(20)16(28)22-12(4-2-3-8-19)18(30)23-13(5-6-14(24)25)17(29)21-10-15(26)27/h11-13H,2-10,19-20H2,1H3,(H,21,29)(H,22,28)(H,23,30)(H,24,25)(H,26,27). The molecule has 0 rings (SSSR count). The zero-order valence-corrected chi connectivity index (χ0v) is 18.4. The molecule has 0 aliphatic rings. The summed E-state index contributed by atoms with van der Waals surface area (Å²) in [4.78, 5) is 58.8. The lowest BCUT2D eigenvalue weighted by atomic mass is 10.1. The highest BCUT2D eigenvalue weighted by molar-refractivity contribution is 7.98. The van der Waals surface area contributed by atoms with Gasteiger partial charge in [-0.3, -0.25) is 24.0 Å². The molecule has 3 unspecified atom stereocenters. The van der Waals surface area contributed by atoms with Crippen molar-refractivity contribution in [2.45, 2.75) is 56.7 Å². The predicted octanol–water partition coefficient (Wildman–Crippen LogP) is -1.77. The van der Waals surface area contributed by atoms with Gasteiger partial charge in [-0.05, 0) is 50.7 Å². The van der Waals surface area contributed by atoms with Crippen molar-refractivity contribution < 1.29 is 34.2 Å². The quantitative estimate of drug-likeness (QED) is 0.120. The third-order valence-electron chi connectivity index (χ3n) is 4.24. The summed E-state index contributed by atoms with van der Waals surface area (Å²) >= 11 is 1.53. The summed E-state index contributed by atoms with van der Waals surface area (Å²) in [5, 5.41) is 24.7. The molecule has 9 N–H and O–H groups in total. The molecule has 0 saturated carbocycles. The van der Waals surface area contributed by atoms with Crippen molar-refractivity contribution in [3.8, 4) is 0 Å². The number of carbonyl (C=O) groups excluding carboxylic acids is 3. The van der Waals surface area contributed by atoms with E-state index in [1.807, 2.05) is 6.26 Å². The Labute approximate surface area is 185 Å². The third-order valence-corrected chi connectivity index (χ3v) is 4.89. The number of thioether (sulfide) groups is 1. The fourth-order valence-corrected chi connectivity index (χ4v) is 3.00. The van der Waals surface area contributed by atoms with E-state index in [1.54, 1.807) is 0 Å². The molecule has 3 amide bonds. The Bertz CT molecular complexity index is 620. The number of nitrogens with one attached hydrogen (secondary N) is 3. The van der Waals surface area contributed by atoms with E-state index in [1.165, 1.54) is 11.8 Å². The number of amides is 3. The van der Waals surface area contributed by atoms with Crippen LogP contribution in [0.25, 0.3) is 0 Å². The number of nitrogens with two attached hydrogens (primary N) is 2. The number of rotatable bonds is 17. The highest BCUT2D eigenvalue weighted by Gasteiger charge is 2.28. The fraction of sp³-hybridized carbons (Fsp3) is 0.722. The van der Waals surface area contributed by atoms with Crippen molar-refractivity contribution in [1.82, 2.24) is 16.0 Å². The lowest BCUT2D eigenvalue weighted by molar-refractivity contribution is -0.140. The maximum Gasteiger partial charge on any atom is 0.322 e. The van der Waals surface area contributed by atoms with Gasteiger partial charge in [0.15, 0.2) is 0 Å². The molecule has 12 nitrogen and oxygen atoms in total. The second kappa shape index (κ2) is 16.3. The Morgan fingerprint density at radius 3 is 2.03 bits per heavy atom. The summed E-state index contributed by atoms with van der Waals surface area (Å²) < 4.78 is 0. The van der Waals surface area contributed by atoms with Crippen molar-refractivity contribution in [3.63, 3.8) is 0 Å². The largest absolute Gasteiger partial charge is 0.481 e. The van der Waals surface area contributed by atoms with Crippen molar-refractivity contribution in [3.05, 3.63) is 0 Å². The van der Waals surface area contributed by atoms with Crippen molar-refractivity contribution in [2.24, 2.45) is 11.5 Å². The van der Waals surface area contributed by atoms with Crippen molar-refractivity contribution in [2.75, 3.05) is 25.1 Å². The van der Waals surface area contributed by atoms with Crippen LogP contribution in [-0.4, -0.2) is 83.1 Å². The molecule has 0 saturated heterocycles. The minimum atomic E-state index is -1.29. The molecule has 0 aliphatic carbocycles. The van der Waals surface area contributed by atoms with E-state index < -0.39 is 60.8 Å². The Hall–Kier alpha value is -2.38. The van der Waals surface area contributed by atoms with Gasteiger partial charge in [-0.15, -0.1) is 0 Å². The highest BCUT2D eigenvalue weighted by atomic mass is 32.2. The van der Waals surface area contributed by atoms with Gasteiger partial charge in [-0.25, -0.2) is 0 Å². The lowest BCUT2D eigenvalue weighted by Gasteiger charge is -2.24. The molecule has 0 spiro atoms. The molecule has 0 heterocycles. The number of unbranched alkanes of at least 4 members (excludes halogenated alkanes) is 1. The maximum atomic E-state index is 12.8. The highest BCUT2D eigenvalue weighted by Crippen LogP contribution is 2.06. The zero-order chi connectivity index (χ0) is 23.8. The summed E-state index contributed by atoms with van der Waals surface area (Å²) in [5.41, 5.74) is 11.3. The van der Waals surface area contributed by atoms with Gasteiger partial charge in [-0.2, -0.15) is 11.8 Å². The minimum Gasteiger partial charge on any atom is -0.481 e. The van der Waals surface area contributed by atoms with Crippen LogP contribution in [-0.2, 0) is 24.0 Å². The van der Waals surface area contributed by atoms with Crippen LogP contribution in [0.2, 0.25) is 0 Å². The first-order valence-corrected chi connectivity index (χ1v) is 11.3. The number of hydrogen-bond donors (Lipinski definition) is 7. The number of carboxylic acid groups (broad SMARTS) is 2. The van der Waals surface area contributed by atoms with Crippen LogP contribution in [0.5, 0.6) is 0 Å². The molecule has 31 heavy (non-hydrogen) atoms. The van der Waals surface area contributed by atoms with E-state index in [-0.39, 0.29) is 12.8 Å². The first-order valence-electron chi connectivity index (χ1n) is 9.89. The van der Waals surface area contributed by atoms with E-state index in [0.29, 0.717) is 31.6 Å². The first-order chi connectivity index (χ1) is 14.6. The lowest BCUT2D eigenvalue weighted by Crippen LogP contribution is -2.56. The fourth-order valence-electron chi connectivity index (χ4n) is 2.51. The van der Waals surface area contributed by atoms with Crippen LogP contribution in [0, 0.1) is 0 Å². The van der Waals surface area contributed by atoms with Crippen molar-refractivity contribution in [1.29, 1.82) is 0 Å². The van der Waals surface area contributed by atoms with Gasteiger partial charge in [0, 0.05) is 6.42 Å². The van der Waals surface area contributed by atoms with Crippen molar-refractivity contribution >= 4 is 41.4 Å². The average Bonchev–Trinajstić information content (AvgIpc) is 2.71. The van der Waals surface area contributed by atoms with E-state index in [2.05, 4.69) is 16.0 Å². The summed E-state index contributed by atoms with van der Waals surface area (Å²) in [6.45, 7) is -0.284. The van der Waals surface area contributed by atoms with Gasteiger partial charge < -0.3 is 37.6 Å². The number of carbonyl (C=O) groups is 5. The van der Waals surface area contributed by atoms with Crippen LogP contribution >= 0.6 is 11.8 Å². The summed E-state index contributed by atoms with van der Waals surface area (Å²) in [6.07, 6.45) is 3.01. The number of aliphatic carboxylic acids is 2. The molecular weight excluding hydrogens is 430 g/mol. The molecule has 178 valence electrons. The topological polar surface area (TPSA) is 214 Å². The van der Waals surface area contributed by atoms with Gasteiger partial charge in [0.2, 0.25) is 17.7 Å². The Morgan fingerprint density at radius 1 is 0.871 bits per heavy atom. The molecule has 13 heteroatoms. The number of hydrogen-bond acceptors (Lipinski definition) is 8. The number of carboxylic acids is 2. The second-order valence-corrected chi connectivity index (χ2v) is 7.82. The molecular formula is C18H33N5O7S. The summed E-state index contributed by atoms with van der Waals surface area (Å²) in [5.74, 6) is -3.84. The van der Waals surface area contributed by atoms with E-state index >= 15 is 0 Å². The molecule has 0 aromatic heterocycles. The van der Waals surface area contributed by atoms with Crippen LogP contribution in [0.3, 0.4) is 0 Å². The van der Waals surface area contributed by atoms with Crippen LogP contribution in [0.4, 0.5) is 0 Å². The molecule has 0 fully saturated rings. The van der Waals surface area contributed by atoms with Gasteiger partial charge in [0.25, 0.3) is 0 Å². The molecule has 0 radical (unpaired) electrons. The average molecular weight is 464 g/mol. The Balaban J connectivity index is 5.24. The van der Waals surface area contributed by atoms with Gasteiger partial charge in [0.05, 0.1) is 6.04 Å². The molecule has 0 aliphatic heterocycles. The molecule has 0 bridgehead atoms. The van der Waals surface area contributed by atoms with Gasteiger partial charge >= 0.3 is 11.9 Å². The monoisotopic (exact) mass is 463 g/mol. The third kappa shape index (κ3) is 13.5. The Morgan fingerprint density at radius 2 is 1.48 bits per heavy atom. The van der Waals surface area contributed by atoms with E-state index in [0.717, 1.165) is 0 Å². The molecule has 0 aromatic carbocycles. The van der Waals surface area contributed by atoms with E-state index in [9.17, 15) is 24.0 Å². The van der Waals surface area contributed by atoms with Crippen LogP contribution in [0.15, 0.2) is 0 Å². The summed E-state index contributed by atoms with van der Waals surface area (Å²) in [6, 6.07) is -3.08. The van der Waals surface area contributed by atoms with Gasteiger partial charge in [0.1, 0.15) is 18.6 Å².